The number of aromatic nitrogens is 2. The number of thioether (sulfide) groups is 1. The third-order valence-electron chi connectivity index (χ3n) is 4.56. The monoisotopic (exact) mass is 452 g/mol. The number of hydrogen-bond donors (Lipinski definition) is 1. The zero-order valence-corrected chi connectivity index (χ0v) is 18.6. The van der Waals surface area contributed by atoms with Gasteiger partial charge >= 0.3 is 0 Å². The minimum atomic E-state index is -0.258. The molecule has 0 bridgehead atoms. The molecule has 9 heteroatoms. The molecule has 0 saturated carbocycles. The third-order valence-corrected chi connectivity index (χ3v) is 7.43. The number of carbonyl (C=O) groups excluding carboxylic acids is 1. The molecule has 150 valence electrons. The van der Waals surface area contributed by atoms with Gasteiger partial charge in [-0.3, -0.25) is 14.2 Å². The van der Waals surface area contributed by atoms with Gasteiger partial charge in [-0.25, -0.2) is 4.98 Å². The van der Waals surface area contributed by atoms with E-state index in [0.717, 1.165) is 10.4 Å². The largest absolute Gasteiger partial charge is 0.316 e. The zero-order valence-electron chi connectivity index (χ0n) is 16.1. The summed E-state index contributed by atoms with van der Waals surface area (Å²) in [7, 11) is 0. The Balaban J connectivity index is 1.70. The lowest BCUT2D eigenvalue weighted by Crippen LogP contribution is -2.22. The lowest BCUT2D eigenvalue weighted by atomic mass is 10.2. The molecule has 3 heterocycles. The third kappa shape index (κ3) is 3.77. The molecule has 0 aliphatic heterocycles. The number of nitriles is 1. The van der Waals surface area contributed by atoms with Crippen LogP contribution in [0.2, 0.25) is 0 Å². The number of rotatable bonds is 5. The molecule has 1 aromatic carbocycles. The van der Waals surface area contributed by atoms with E-state index in [1.807, 2.05) is 44.2 Å². The summed E-state index contributed by atoms with van der Waals surface area (Å²) in [6, 6.07) is 13.0. The van der Waals surface area contributed by atoms with Crippen molar-refractivity contribution in [1.82, 2.24) is 9.55 Å². The predicted octanol–water partition coefficient (Wildman–Crippen LogP) is 4.73. The van der Waals surface area contributed by atoms with Crippen LogP contribution in [0, 0.1) is 25.2 Å². The second-order valence-electron chi connectivity index (χ2n) is 6.45. The Morgan fingerprint density at radius 3 is 2.77 bits per heavy atom. The van der Waals surface area contributed by atoms with Crippen LogP contribution in [0.1, 0.15) is 16.0 Å². The molecule has 30 heavy (non-hydrogen) atoms. The second-order valence-corrected chi connectivity index (χ2v) is 9.51. The van der Waals surface area contributed by atoms with E-state index in [4.69, 9.17) is 10.2 Å². The molecule has 0 unspecified atom stereocenters. The zero-order chi connectivity index (χ0) is 21.3. The van der Waals surface area contributed by atoms with Crippen LogP contribution >= 0.6 is 34.4 Å². The van der Waals surface area contributed by atoms with Gasteiger partial charge in [0.05, 0.1) is 22.4 Å². The van der Waals surface area contributed by atoms with Crippen LogP contribution in [-0.4, -0.2) is 21.2 Å². The maximum Gasteiger partial charge on any atom is 0.267 e. The van der Waals surface area contributed by atoms with Crippen molar-refractivity contribution in [3.05, 3.63) is 68.1 Å². The molecule has 0 radical (unpaired) electrons. The Morgan fingerprint density at radius 1 is 1.27 bits per heavy atom. The molecule has 4 rings (SSSR count). The molecular formula is C21H16N4O2S3. The van der Waals surface area contributed by atoms with Crippen molar-refractivity contribution in [1.29, 1.82) is 5.26 Å². The van der Waals surface area contributed by atoms with Crippen LogP contribution in [0.4, 0.5) is 5.00 Å². The van der Waals surface area contributed by atoms with Gasteiger partial charge in [-0.15, -0.1) is 22.7 Å². The number of nitrogens with one attached hydrogen (secondary N) is 1. The summed E-state index contributed by atoms with van der Waals surface area (Å²) >= 11 is 3.98. The number of thiophene rings is 2. The summed E-state index contributed by atoms with van der Waals surface area (Å²) in [6.45, 7) is 3.91. The average Bonchev–Trinajstić information content (AvgIpc) is 3.30. The number of benzene rings is 1. The van der Waals surface area contributed by atoms with E-state index >= 15 is 0 Å². The highest BCUT2D eigenvalue weighted by atomic mass is 32.2. The number of anilines is 1. The first-order chi connectivity index (χ1) is 14.5. The number of nitrogens with zero attached hydrogens (tertiary/aromatic N) is 3. The van der Waals surface area contributed by atoms with E-state index in [1.54, 1.807) is 16.0 Å². The average molecular weight is 453 g/mol. The molecule has 0 atom stereocenters. The first-order valence-corrected chi connectivity index (χ1v) is 11.7. The van der Waals surface area contributed by atoms with E-state index in [1.165, 1.54) is 34.4 Å². The van der Waals surface area contributed by atoms with E-state index in [2.05, 4.69) is 11.4 Å². The van der Waals surface area contributed by atoms with Gasteiger partial charge in [-0.1, -0.05) is 30.0 Å². The van der Waals surface area contributed by atoms with Gasteiger partial charge < -0.3 is 5.32 Å². The van der Waals surface area contributed by atoms with Crippen LogP contribution < -0.4 is 10.9 Å². The van der Waals surface area contributed by atoms with Crippen LogP contribution in [0.25, 0.3) is 15.9 Å². The van der Waals surface area contributed by atoms with Gasteiger partial charge in [0.2, 0.25) is 5.91 Å². The number of aryl methyl sites for hydroxylation is 2. The Bertz CT molecular complexity index is 1350. The topological polar surface area (TPSA) is 87.8 Å². The van der Waals surface area contributed by atoms with Gasteiger partial charge in [0.1, 0.15) is 15.9 Å². The smallest absolute Gasteiger partial charge is 0.267 e. The van der Waals surface area contributed by atoms with Crippen molar-refractivity contribution in [2.75, 3.05) is 11.1 Å². The molecule has 0 saturated heterocycles. The Morgan fingerprint density at radius 2 is 2.03 bits per heavy atom. The molecule has 1 amide bonds. The van der Waals surface area contributed by atoms with Crippen LogP contribution in [0.15, 0.2) is 51.7 Å². The lowest BCUT2D eigenvalue weighted by molar-refractivity contribution is -0.113. The molecule has 0 fully saturated rings. The first kappa shape index (κ1) is 20.3. The highest BCUT2D eigenvalue weighted by molar-refractivity contribution is 7.99. The predicted molar refractivity (Wildman–Crippen MR) is 123 cm³/mol. The number of fused-ring (bicyclic) bond motifs is 1. The highest BCUT2D eigenvalue weighted by Crippen LogP contribution is 2.30. The molecule has 3 aromatic heterocycles. The van der Waals surface area contributed by atoms with Gasteiger partial charge in [0, 0.05) is 4.88 Å². The van der Waals surface area contributed by atoms with Crippen molar-refractivity contribution in [2.45, 2.75) is 19.0 Å². The summed E-state index contributed by atoms with van der Waals surface area (Å²) < 4.78 is 1.56. The summed E-state index contributed by atoms with van der Waals surface area (Å²) in [6.07, 6.45) is 0. The van der Waals surface area contributed by atoms with Gasteiger partial charge in [0.15, 0.2) is 5.16 Å². The van der Waals surface area contributed by atoms with E-state index < -0.39 is 0 Å². The fourth-order valence-corrected chi connectivity index (χ4v) is 5.60. The quantitative estimate of drug-likeness (QED) is 0.349. The maximum atomic E-state index is 13.3. The van der Waals surface area contributed by atoms with Gasteiger partial charge in [-0.2, -0.15) is 5.26 Å². The molecule has 4 aromatic rings. The van der Waals surface area contributed by atoms with Gasteiger partial charge in [-0.05, 0) is 43.0 Å². The standard InChI is InChI=1S/C21H16N4O2S3/c1-12-13(2)30-19-17(12)20(27)25(15-6-4-3-5-7-15)21(24-19)29-11-16(26)23-18-14(10-22)8-9-28-18/h3-9H,11H2,1-2H3,(H,23,26). The van der Waals surface area contributed by atoms with Crippen LogP contribution in [-0.2, 0) is 4.79 Å². The number of hydrogen-bond acceptors (Lipinski definition) is 7. The number of carbonyl (C=O) groups is 1. The summed E-state index contributed by atoms with van der Waals surface area (Å²) in [5.41, 5.74) is 1.94. The molecule has 1 N–H and O–H groups in total. The van der Waals surface area contributed by atoms with Crippen molar-refractivity contribution < 1.29 is 4.79 Å². The first-order valence-electron chi connectivity index (χ1n) is 8.98. The Kier molecular flexibility index (Phi) is 5.72. The highest BCUT2D eigenvalue weighted by Gasteiger charge is 2.19. The van der Waals surface area contributed by atoms with Crippen LogP contribution in [0.3, 0.4) is 0 Å². The normalized spacial score (nSPS) is 10.8. The SMILES string of the molecule is Cc1sc2nc(SCC(=O)Nc3sccc3C#N)n(-c3ccccc3)c(=O)c2c1C. The number of para-hydroxylation sites is 1. The molecular weight excluding hydrogens is 436 g/mol. The fraction of sp³-hybridized carbons (Fsp3) is 0.143. The Hall–Kier alpha value is -2.93. The van der Waals surface area contributed by atoms with Crippen molar-refractivity contribution in [3.63, 3.8) is 0 Å². The van der Waals surface area contributed by atoms with E-state index in [9.17, 15) is 9.59 Å². The molecule has 0 aliphatic rings. The molecule has 0 aliphatic carbocycles. The lowest BCUT2D eigenvalue weighted by Gasteiger charge is -2.12. The number of amides is 1. The van der Waals surface area contributed by atoms with E-state index in [0.29, 0.717) is 31.6 Å². The minimum Gasteiger partial charge on any atom is -0.316 e. The summed E-state index contributed by atoms with van der Waals surface area (Å²) in [5, 5.41) is 15.2. The van der Waals surface area contributed by atoms with Crippen molar-refractivity contribution >= 4 is 55.6 Å². The maximum absolute atomic E-state index is 13.3. The van der Waals surface area contributed by atoms with E-state index in [-0.39, 0.29) is 17.2 Å². The van der Waals surface area contributed by atoms with Crippen molar-refractivity contribution in [2.24, 2.45) is 0 Å². The minimum absolute atomic E-state index is 0.0664. The van der Waals surface area contributed by atoms with Gasteiger partial charge in [0.25, 0.3) is 5.56 Å². The Labute approximate surface area is 184 Å². The summed E-state index contributed by atoms with van der Waals surface area (Å²) in [5.74, 6) is -0.192. The molecule has 0 spiro atoms. The van der Waals surface area contributed by atoms with Crippen LogP contribution in [0.5, 0.6) is 0 Å². The fourth-order valence-electron chi connectivity index (χ4n) is 2.96. The second kappa shape index (κ2) is 8.44. The van der Waals surface area contributed by atoms with Crippen molar-refractivity contribution in [3.8, 4) is 11.8 Å². The molecule has 6 nitrogen and oxygen atoms in total. The summed E-state index contributed by atoms with van der Waals surface area (Å²) in [4.78, 5) is 32.2.